The zero-order chi connectivity index (χ0) is 8.04. The molecule has 0 heterocycles. The van der Waals surface area contributed by atoms with Crippen molar-refractivity contribution in [1.29, 1.82) is 0 Å². The van der Waals surface area contributed by atoms with Crippen LogP contribution in [-0.2, 0) is 4.57 Å². The highest BCUT2D eigenvalue weighted by atomic mass is 31.2. The first kappa shape index (κ1) is 8.85. The predicted molar refractivity (Wildman–Crippen MR) is 36.4 cm³/mol. The fourth-order valence-electron chi connectivity index (χ4n) is 0.269. The molecule has 0 aromatic heterocycles. The Kier molecular flexibility index (Phi) is 3.36. The Morgan fingerprint density at radius 1 is 1.40 bits per heavy atom. The van der Waals surface area contributed by atoms with Gasteiger partial charge in [0, 0.05) is 16.0 Å². The van der Waals surface area contributed by atoms with E-state index in [9.17, 15) is 4.57 Å². The van der Waals surface area contributed by atoms with Gasteiger partial charge in [0.05, 0.1) is 0 Å². The maximum absolute atomic E-state index is 10.9. The van der Waals surface area contributed by atoms with E-state index in [4.69, 9.17) is 11.1 Å². The van der Waals surface area contributed by atoms with Gasteiger partial charge in [0.2, 0.25) is 0 Å². The van der Waals surface area contributed by atoms with Crippen LogP contribution in [0.4, 0.5) is 0 Å². The summed E-state index contributed by atoms with van der Waals surface area (Å²) in [7, 11) is -3.28. The van der Waals surface area contributed by atoms with Crippen LogP contribution in [0.25, 0.3) is 20.9 Å². The van der Waals surface area contributed by atoms with E-state index in [2.05, 4.69) is 19.6 Å². The van der Waals surface area contributed by atoms with E-state index in [0.29, 0.717) is 0 Å². The topological polar surface area (TPSA) is 115 Å². The Bertz CT molecular complexity index is 224. The molecule has 0 N–H and O–H groups in total. The van der Waals surface area contributed by atoms with Crippen LogP contribution >= 0.6 is 7.44 Å². The summed E-state index contributed by atoms with van der Waals surface area (Å²) in [4.78, 5) is 10.3. The second-order valence-corrected chi connectivity index (χ2v) is 3.66. The standard InChI is InChI=1S/C2H5N6OP/c1-2-10(9,7-5-3)8-6-4/h2H2,1H3. The molecule has 0 saturated heterocycles. The van der Waals surface area contributed by atoms with Crippen LogP contribution in [0.1, 0.15) is 6.92 Å². The zero-order valence-corrected chi connectivity index (χ0v) is 6.14. The zero-order valence-electron chi connectivity index (χ0n) is 5.25. The van der Waals surface area contributed by atoms with Gasteiger partial charge in [-0.05, 0) is 20.8 Å². The van der Waals surface area contributed by atoms with Crippen molar-refractivity contribution < 1.29 is 4.57 Å². The summed E-state index contributed by atoms with van der Waals surface area (Å²) in [6.07, 6.45) is 0.0567. The van der Waals surface area contributed by atoms with Crippen molar-refractivity contribution in [3.8, 4) is 0 Å². The van der Waals surface area contributed by atoms with Crippen LogP contribution in [0.3, 0.4) is 0 Å². The molecule has 0 radical (unpaired) electrons. The molecule has 10 heavy (non-hydrogen) atoms. The monoisotopic (exact) mass is 160 g/mol. The molecule has 8 heteroatoms. The van der Waals surface area contributed by atoms with Crippen molar-refractivity contribution in [2.24, 2.45) is 9.77 Å². The third-order valence-electron chi connectivity index (χ3n) is 0.771. The molecule has 0 fully saturated rings. The first-order valence-corrected chi connectivity index (χ1v) is 4.20. The molecule has 0 atom stereocenters. The highest BCUT2D eigenvalue weighted by Crippen LogP contribution is 2.48. The summed E-state index contributed by atoms with van der Waals surface area (Å²) in [5.41, 5.74) is 15.7. The van der Waals surface area contributed by atoms with Gasteiger partial charge in [0.25, 0.3) is 7.44 Å². The lowest BCUT2D eigenvalue weighted by Crippen LogP contribution is -1.71. The Balaban J connectivity index is 4.72. The average molecular weight is 160 g/mol. The third-order valence-corrected chi connectivity index (χ3v) is 2.31. The molecule has 0 aliphatic heterocycles. The SMILES string of the molecule is CCP(=O)(N=[N+]=[N-])N=[N+]=[N-]. The highest BCUT2D eigenvalue weighted by Gasteiger charge is 2.13. The first-order chi connectivity index (χ1) is 4.68. The molecule has 0 rings (SSSR count). The van der Waals surface area contributed by atoms with Crippen LogP contribution in [0.5, 0.6) is 0 Å². The average Bonchev–Trinajstić information content (AvgIpc) is 1.89. The summed E-state index contributed by atoms with van der Waals surface area (Å²) < 4.78 is 10.9. The second-order valence-electron chi connectivity index (χ2n) is 1.34. The summed E-state index contributed by atoms with van der Waals surface area (Å²) in [6.45, 7) is 1.52. The summed E-state index contributed by atoms with van der Waals surface area (Å²) in [6, 6.07) is 0. The van der Waals surface area contributed by atoms with E-state index in [0.717, 1.165) is 0 Å². The molecular weight excluding hydrogens is 155 g/mol. The quantitative estimate of drug-likeness (QED) is 0.268. The maximum Gasteiger partial charge on any atom is 0.257 e. The summed E-state index contributed by atoms with van der Waals surface area (Å²) in [5, 5.41) is 0. The van der Waals surface area contributed by atoms with E-state index in [1.165, 1.54) is 6.92 Å². The number of hydrogen-bond acceptors (Lipinski definition) is 1. The number of hydrogen-bond donors (Lipinski definition) is 0. The minimum atomic E-state index is -3.28. The molecule has 54 valence electrons. The lowest BCUT2D eigenvalue weighted by Gasteiger charge is -1.96. The molecule has 0 aromatic rings. The Morgan fingerprint density at radius 2 is 1.80 bits per heavy atom. The minimum absolute atomic E-state index is 0.0567. The van der Waals surface area contributed by atoms with Crippen molar-refractivity contribution in [1.82, 2.24) is 0 Å². The van der Waals surface area contributed by atoms with Gasteiger partial charge >= 0.3 is 0 Å². The van der Waals surface area contributed by atoms with Gasteiger partial charge in [-0.3, -0.25) is 0 Å². The molecule has 0 spiro atoms. The summed E-state index contributed by atoms with van der Waals surface area (Å²) in [5.74, 6) is 0. The van der Waals surface area contributed by atoms with Crippen LogP contribution in [0.2, 0.25) is 0 Å². The molecule has 0 aliphatic rings. The maximum atomic E-state index is 10.9. The van der Waals surface area contributed by atoms with E-state index < -0.39 is 7.44 Å². The van der Waals surface area contributed by atoms with E-state index in [1.54, 1.807) is 0 Å². The molecule has 0 saturated carbocycles. The largest absolute Gasteiger partial charge is 0.310 e. The second kappa shape index (κ2) is 3.80. The predicted octanol–water partition coefficient (Wildman–Crippen LogP) is 2.82. The Labute approximate surface area is 56.8 Å². The van der Waals surface area contributed by atoms with Crippen LogP contribution in [0, 0.1) is 0 Å². The van der Waals surface area contributed by atoms with Crippen molar-refractivity contribution in [3.63, 3.8) is 0 Å². The third kappa shape index (κ3) is 2.42. The normalized spacial score (nSPS) is 14.1. The molecule has 0 amide bonds. The Morgan fingerprint density at radius 3 is 2.00 bits per heavy atom. The summed E-state index contributed by atoms with van der Waals surface area (Å²) >= 11 is 0. The van der Waals surface area contributed by atoms with E-state index in [-0.39, 0.29) is 6.16 Å². The van der Waals surface area contributed by atoms with Crippen molar-refractivity contribution in [2.75, 3.05) is 6.16 Å². The van der Waals surface area contributed by atoms with Crippen molar-refractivity contribution in [2.45, 2.75) is 6.92 Å². The smallest absolute Gasteiger partial charge is 0.257 e. The molecule has 7 nitrogen and oxygen atoms in total. The van der Waals surface area contributed by atoms with Gasteiger partial charge in [0.1, 0.15) is 0 Å². The van der Waals surface area contributed by atoms with Gasteiger partial charge in [-0.2, -0.15) is 0 Å². The minimum Gasteiger partial charge on any atom is -0.310 e. The number of nitrogens with zero attached hydrogens (tertiary/aromatic N) is 6. The first-order valence-electron chi connectivity index (χ1n) is 2.41. The van der Waals surface area contributed by atoms with Crippen molar-refractivity contribution in [3.05, 3.63) is 20.9 Å². The molecular formula is C2H5N6OP. The number of rotatable bonds is 3. The molecule has 0 aliphatic carbocycles. The van der Waals surface area contributed by atoms with E-state index in [1.807, 2.05) is 0 Å². The fraction of sp³-hybridized carbons (Fsp3) is 1.00. The Hall–Kier alpha value is -1.15. The van der Waals surface area contributed by atoms with E-state index >= 15 is 0 Å². The van der Waals surface area contributed by atoms with Gasteiger partial charge in [0.15, 0.2) is 0 Å². The van der Waals surface area contributed by atoms with Crippen LogP contribution in [-0.4, -0.2) is 6.16 Å². The molecule has 0 unspecified atom stereocenters. The van der Waals surface area contributed by atoms with Crippen LogP contribution in [0.15, 0.2) is 9.77 Å². The van der Waals surface area contributed by atoms with Gasteiger partial charge < -0.3 is 4.57 Å². The van der Waals surface area contributed by atoms with Gasteiger partial charge in [-0.1, -0.05) is 6.92 Å². The molecule has 0 bridgehead atoms. The molecule has 0 aromatic carbocycles. The number of azide groups is 1. The fourth-order valence-corrected chi connectivity index (χ4v) is 0.808. The van der Waals surface area contributed by atoms with Crippen LogP contribution < -0.4 is 0 Å². The lowest BCUT2D eigenvalue weighted by molar-refractivity contribution is 0.577. The van der Waals surface area contributed by atoms with Gasteiger partial charge in [-0.15, -0.1) is 0 Å². The van der Waals surface area contributed by atoms with Crippen molar-refractivity contribution >= 4 is 7.44 Å². The van der Waals surface area contributed by atoms with Gasteiger partial charge in [-0.25, -0.2) is 0 Å². The lowest BCUT2D eigenvalue weighted by atomic mass is 11.0. The highest BCUT2D eigenvalue weighted by molar-refractivity contribution is 7.60.